The average Bonchev–Trinajstić information content (AvgIpc) is 2.95. The molecule has 2 rings (SSSR count). The second kappa shape index (κ2) is 10.0. The summed E-state index contributed by atoms with van der Waals surface area (Å²) < 4.78 is 1.96. The quantitative estimate of drug-likeness (QED) is 0.644. The third kappa shape index (κ3) is 5.79. The molecule has 0 unspecified atom stereocenters. The van der Waals surface area contributed by atoms with Crippen LogP contribution in [0, 0.1) is 20.8 Å². The first-order chi connectivity index (χ1) is 13.8. The molecule has 0 aliphatic heterocycles. The average molecular weight is 397 g/mol. The number of amides is 2. The minimum Gasteiger partial charge on any atom is -0.342 e. The molecule has 0 saturated heterocycles. The molecule has 6 nitrogen and oxygen atoms in total. The maximum Gasteiger partial charge on any atom is 0.246 e. The minimum absolute atomic E-state index is 0.0440. The first-order valence-electron chi connectivity index (χ1n) is 10.1. The van der Waals surface area contributed by atoms with E-state index in [1.54, 1.807) is 18.0 Å². The monoisotopic (exact) mass is 396 g/mol. The van der Waals surface area contributed by atoms with Crippen LogP contribution >= 0.6 is 0 Å². The molecule has 2 aromatic rings. The van der Waals surface area contributed by atoms with E-state index in [1.165, 1.54) is 22.1 Å². The van der Waals surface area contributed by atoms with E-state index >= 15 is 0 Å². The lowest BCUT2D eigenvalue weighted by atomic mass is 10.1. The first kappa shape index (κ1) is 22.4. The molecule has 0 atom stereocenters. The minimum atomic E-state index is -0.199. The fourth-order valence-corrected chi connectivity index (χ4v) is 3.21. The Kier molecular flexibility index (Phi) is 7.76. The number of aryl methyl sites for hydroxylation is 2. The lowest BCUT2D eigenvalue weighted by Gasteiger charge is -2.22. The highest BCUT2D eigenvalue weighted by Crippen LogP contribution is 2.17. The molecule has 1 aromatic carbocycles. The molecule has 6 heteroatoms. The number of hydrogen-bond donors (Lipinski definition) is 0. The van der Waals surface area contributed by atoms with E-state index in [4.69, 9.17) is 0 Å². The van der Waals surface area contributed by atoms with E-state index in [1.807, 2.05) is 32.4 Å². The van der Waals surface area contributed by atoms with Crippen molar-refractivity contribution in [2.24, 2.45) is 0 Å². The Hall–Kier alpha value is -2.89. The molecule has 1 heterocycles. The van der Waals surface area contributed by atoms with Crippen molar-refractivity contribution in [3.05, 3.63) is 58.4 Å². The summed E-state index contributed by atoms with van der Waals surface area (Å²) in [6.07, 6.45) is 3.31. The summed E-state index contributed by atoms with van der Waals surface area (Å²) in [6.45, 7) is 11.9. The largest absolute Gasteiger partial charge is 0.342 e. The van der Waals surface area contributed by atoms with Gasteiger partial charge in [0.25, 0.3) is 0 Å². The maximum absolute atomic E-state index is 12.4. The Morgan fingerprint density at radius 3 is 2.28 bits per heavy atom. The summed E-state index contributed by atoms with van der Waals surface area (Å²) in [5, 5.41) is 4.62. The zero-order valence-electron chi connectivity index (χ0n) is 18.4. The molecule has 0 fully saturated rings. The second-order valence-electron chi connectivity index (χ2n) is 7.32. The molecule has 0 saturated carbocycles. The van der Waals surface area contributed by atoms with Crippen LogP contribution in [0.4, 0.5) is 0 Å². The van der Waals surface area contributed by atoms with Crippen LogP contribution in [-0.4, -0.2) is 58.1 Å². The zero-order valence-corrected chi connectivity index (χ0v) is 18.4. The highest BCUT2D eigenvalue weighted by atomic mass is 16.2. The number of aromatic nitrogens is 2. The van der Waals surface area contributed by atoms with Gasteiger partial charge in [0.05, 0.1) is 18.8 Å². The van der Waals surface area contributed by atoms with Gasteiger partial charge in [0.2, 0.25) is 11.8 Å². The molecular weight excluding hydrogens is 364 g/mol. The van der Waals surface area contributed by atoms with E-state index in [-0.39, 0.29) is 18.4 Å². The van der Waals surface area contributed by atoms with Crippen LogP contribution in [0.2, 0.25) is 0 Å². The summed E-state index contributed by atoms with van der Waals surface area (Å²) in [5.74, 6) is -0.242. The standard InChI is InChI=1S/C23H32N4O2/c1-7-26(8-2)23(29)16-25(6)22(28)14-13-21-18(4)24-27(19(21)5)15-20-11-9-17(3)10-12-20/h9-14H,7-8,15-16H2,1-6H3. The number of rotatable bonds is 8. The summed E-state index contributed by atoms with van der Waals surface area (Å²) in [4.78, 5) is 27.8. The predicted octanol–water partition coefficient (Wildman–Crippen LogP) is 3.20. The highest BCUT2D eigenvalue weighted by molar-refractivity contribution is 5.94. The Bertz CT molecular complexity index is 877. The summed E-state index contributed by atoms with van der Waals surface area (Å²) >= 11 is 0. The Balaban J connectivity index is 2.08. The number of nitrogens with zero attached hydrogens (tertiary/aromatic N) is 4. The fourth-order valence-electron chi connectivity index (χ4n) is 3.21. The van der Waals surface area contributed by atoms with Gasteiger partial charge in [-0.3, -0.25) is 14.3 Å². The topological polar surface area (TPSA) is 58.4 Å². The van der Waals surface area contributed by atoms with Gasteiger partial charge < -0.3 is 9.80 Å². The van der Waals surface area contributed by atoms with Gasteiger partial charge in [-0.15, -0.1) is 0 Å². The Morgan fingerprint density at radius 1 is 1.07 bits per heavy atom. The van der Waals surface area contributed by atoms with Crippen LogP contribution in [0.5, 0.6) is 0 Å². The predicted molar refractivity (Wildman–Crippen MR) is 117 cm³/mol. The van der Waals surface area contributed by atoms with E-state index < -0.39 is 0 Å². The van der Waals surface area contributed by atoms with Crippen molar-refractivity contribution >= 4 is 17.9 Å². The van der Waals surface area contributed by atoms with E-state index in [9.17, 15) is 9.59 Å². The summed E-state index contributed by atoms with van der Waals surface area (Å²) in [5.41, 5.74) is 5.23. The molecule has 29 heavy (non-hydrogen) atoms. The molecule has 0 radical (unpaired) electrons. The van der Waals surface area contributed by atoms with Crippen LogP contribution in [0.15, 0.2) is 30.3 Å². The maximum atomic E-state index is 12.4. The van der Waals surface area contributed by atoms with Gasteiger partial charge >= 0.3 is 0 Å². The number of carbonyl (C=O) groups excluding carboxylic acids is 2. The summed E-state index contributed by atoms with van der Waals surface area (Å²) in [7, 11) is 1.65. The molecular formula is C23H32N4O2. The second-order valence-corrected chi connectivity index (χ2v) is 7.32. The SMILES string of the molecule is CCN(CC)C(=O)CN(C)C(=O)C=Cc1c(C)nn(Cc2ccc(C)cc2)c1C. The van der Waals surface area contributed by atoms with Crippen molar-refractivity contribution in [1.29, 1.82) is 0 Å². The summed E-state index contributed by atoms with van der Waals surface area (Å²) in [6, 6.07) is 8.39. The van der Waals surface area contributed by atoms with Crippen LogP contribution in [-0.2, 0) is 16.1 Å². The normalized spacial score (nSPS) is 11.1. The third-order valence-electron chi connectivity index (χ3n) is 5.15. The van der Waals surface area contributed by atoms with Crippen molar-refractivity contribution in [2.75, 3.05) is 26.7 Å². The lowest BCUT2D eigenvalue weighted by molar-refractivity contribution is -0.136. The number of carbonyl (C=O) groups is 2. The van der Waals surface area contributed by atoms with Gasteiger partial charge in [-0.1, -0.05) is 29.8 Å². The molecule has 0 aliphatic rings. The lowest BCUT2D eigenvalue weighted by Crippen LogP contribution is -2.40. The molecule has 156 valence electrons. The van der Waals surface area contributed by atoms with Gasteiger partial charge in [-0.05, 0) is 46.3 Å². The number of hydrogen-bond acceptors (Lipinski definition) is 3. The number of benzene rings is 1. The van der Waals surface area contributed by atoms with Crippen molar-refractivity contribution in [1.82, 2.24) is 19.6 Å². The van der Waals surface area contributed by atoms with Crippen molar-refractivity contribution in [2.45, 2.75) is 41.2 Å². The van der Waals surface area contributed by atoms with Crippen LogP contribution in [0.3, 0.4) is 0 Å². The smallest absolute Gasteiger partial charge is 0.246 e. The van der Waals surface area contributed by atoms with Gasteiger partial charge in [0.1, 0.15) is 0 Å². The van der Waals surface area contributed by atoms with Crippen molar-refractivity contribution in [3.63, 3.8) is 0 Å². The van der Waals surface area contributed by atoms with Crippen LogP contribution < -0.4 is 0 Å². The van der Waals surface area contributed by atoms with Crippen LogP contribution in [0.25, 0.3) is 6.08 Å². The van der Waals surface area contributed by atoms with E-state index in [0.717, 1.165) is 17.0 Å². The third-order valence-corrected chi connectivity index (χ3v) is 5.15. The number of likely N-dealkylation sites (N-methyl/N-ethyl adjacent to an activating group) is 2. The van der Waals surface area contributed by atoms with Crippen molar-refractivity contribution in [3.8, 4) is 0 Å². The van der Waals surface area contributed by atoms with Gasteiger partial charge in [0.15, 0.2) is 0 Å². The fraction of sp³-hybridized carbons (Fsp3) is 0.435. The molecule has 0 N–H and O–H groups in total. The highest BCUT2D eigenvalue weighted by Gasteiger charge is 2.15. The first-order valence-corrected chi connectivity index (χ1v) is 10.1. The molecule has 0 bridgehead atoms. The molecule has 0 aliphatic carbocycles. The van der Waals surface area contributed by atoms with Crippen molar-refractivity contribution < 1.29 is 9.59 Å². The van der Waals surface area contributed by atoms with Gasteiger partial charge in [0, 0.05) is 37.5 Å². The Morgan fingerprint density at radius 2 is 1.69 bits per heavy atom. The molecule has 1 aromatic heterocycles. The van der Waals surface area contributed by atoms with Gasteiger partial charge in [-0.2, -0.15) is 5.10 Å². The Labute approximate surface area is 173 Å². The van der Waals surface area contributed by atoms with Gasteiger partial charge in [-0.25, -0.2) is 0 Å². The van der Waals surface area contributed by atoms with E-state index in [2.05, 4.69) is 36.3 Å². The zero-order chi connectivity index (χ0) is 21.6. The molecule has 2 amide bonds. The molecule has 0 spiro atoms. The van der Waals surface area contributed by atoms with E-state index in [0.29, 0.717) is 19.6 Å². The van der Waals surface area contributed by atoms with Crippen LogP contribution in [0.1, 0.15) is 41.9 Å².